The largest absolute Gasteiger partial charge is 0.179 e. The molecule has 2 aliphatic rings. The highest BCUT2D eigenvalue weighted by molar-refractivity contribution is 8.24. The van der Waals surface area contributed by atoms with E-state index in [1.54, 1.807) is 0 Å². The molecular formula is C18H36Cl2S10. The van der Waals surface area contributed by atoms with Gasteiger partial charge in [0.05, 0.1) is 12.7 Å². The van der Waals surface area contributed by atoms with Crippen LogP contribution >= 0.6 is 144 Å². The summed E-state index contributed by atoms with van der Waals surface area (Å²) in [6.07, 6.45) is 2.65. The quantitative estimate of drug-likeness (QED) is 0.112. The summed E-state index contributed by atoms with van der Waals surface area (Å²) >= 11 is 40.2. The number of thioether (sulfide) groups is 6. The highest BCUT2D eigenvalue weighted by Crippen LogP contribution is 2.52. The number of rotatable bonds is 9. The van der Waals surface area contributed by atoms with E-state index in [2.05, 4.69) is 111 Å². The molecule has 12 heteroatoms. The first-order valence-corrected chi connectivity index (χ1v) is 19.2. The first-order chi connectivity index (χ1) is 14.3. The highest BCUT2D eigenvalue weighted by Gasteiger charge is 2.37. The van der Waals surface area contributed by atoms with E-state index in [0.29, 0.717) is 8.66 Å². The number of halogens is 2. The lowest BCUT2D eigenvalue weighted by Gasteiger charge is -2.38. The van der Waals surface area contributed by atoms with Gasteiger partial charge in [0.2, 0.25) is 0 Å². The van der Waals surface area contributed by atoms with Gasteiger partial charge >= 0.3 is 0 Å². The summed E-state index contributed by atoms with van der Waals surface area (Å²) in [6.45, 7) is 4.54. The third-order valence-electron chi connectivity index (χ3n) is 3.78. The molecule has 0 amide bonds. The van der Waals surface area contributed by atoms with Crippen LogP contribution in [0, 0.1) is 0 Å². The lowest BCUT2D eigenvalue weighted by molar-refractivity contribution is 0.945. The van der Waals surface area contributed by atoms with Gasteiger partial charge in [0.25, 0.3) is 0 Å². The zero-order valence-corrected chi connectivity index (χ0v) is 27.6. The molecular weight excluding hydrogens is 608 g/mol. The number of hydrogen-bond acceptors (Lipinski definition) is 10. The van der Waals surface area contributed by atoms with Gasteiger partial charge in [0.15, 0.2) is 0 Å². The van der Waals surface area contributed by atoms with Crippen molar-refractivity contribution in [1.82, 2.24) is 0 Å². The highest BCUT2D eigenvalue weighted by atomic mass is 35.5. The summed E-state index contributed by atoms with van der Waals surface area (Å²) in [4.78, 5) is -0.247. The minimum absolute atomic E-state index is 0.0430. The predicted molar refractivity (Wildman–Crippen MR) is 175 cm³/mol. The molecule has 2 rings (SSSR count). The summed E-state index contributed by atoms with van der Waals surface area (Å²) in [5, 5.41) is 0. The Morgan fingerprint density at radius 2 is 1.07 bits per heavy atom. The molecule has 0 unspecified atom stereocenters. The number of hydrogen-bond donors (Lipinski definition) is 4. The van der Waals surface area contributed by atoms with Gasteiger partial charge in [-0.05, 0) is 72.7 Å². The van der Waals surface area contributed by atoms with Crippen LogP contribution in [-0.2, 0) is 0 Å². The Bertz CT molecular complexity index is 381. The summed E-state index contributed by atoms with van der Waals surface area (Å²) in [6, 6.07) is 0. The smallest absolute Gasteiger partial charge is 0.131 e. The molecule has 0 spiro atoms. The topological polar surface area (TPSA) is 0 Å². The fourth-order valence-electron chi connectivity index (χ4n) is 2.23. The van der Waals surface area contributed by atoms with Crippen molar-refractivity contribution >= 4 is 144 Å². The van der Waals surface area contributed by atoms with Gasteiger partial charge < -0.3 is 0 Å². The Hall–Kier alpha value is 4.08. The molecule has 182 valence electrons. The normalized spacial score (nSPS) is 20.2. The molecule has 30 heavy (non-hydrogen) atoms. The maximum atomic E-state index is 5.82. The van der Waals surface area contributed by atoms with E-state index in [0.717, 1.165) is 34.5 Å². The molecule has 0 aromatic rings. The Kier molecular flexibility index (Phi) is 24.1. The van der Waals surface area contributed by atoms with Crippen molar-refractivity contribution in [3.05, 3.63) is 0 Å². The van der Waals surface area contributed by atoms with Gasteiger partial charge in [-0.2, -0.15) is 50.5 Å². The van der Waals surface area contributed by atoms with Crippen molar-refractivity contribution in [2.45, 2.75) is 44.3 Å². The first kappa shape index (κ1) is 34.1. The van der Waals surface area contributed by atoms with Crippen molar-refractivity contribution in [2.24, 2.45) is 0 Å². The summed E-state index contributed by atoms with van der Waals surface area (Å²) in [5.74, 6) is 11.1. The molecule has 2 aliphatic heterocycles. The molecule has 0 nitrogen and oxygen atoms in total. The van der Waals surface area contributed by atoms with Crippen LogP contribution in [0.25, 0.3) is 0 Å². The van der Waals surface area contributed by atoms with E-state index in [4.69, 9.17) is 23.2 Å². The average molecular weight is 644 g/mol. The zero-order valence-electron chi connectivity index (χ0n) is 17.6. The van der Waals surface area contributed by atoms with E-state index in [9.17, 15) is 0 Å². The number of alkyl halides is 2. The Balaban J connectivity index is 0.000000510. The summed E-state index contributed by atoms with van der Waals surface area (Å²) in [7, 11) is 0. The van der Waals surface area contributed by atoms with E-state index >= 15 is 0 Å². The maximum Gasteiger partial charge on any atom is 0.131 e. The molecule has 0 aliphatic carbocycles. The Labute approximate surface area is 243 Å². The molecule has 0 aromatic heterocycles. The second-order valence-electron chi connectivity index (χ2n) is 6.40. The van der Waals surface area contributed by atoms with Crippen LogP contribution in [0.4, 0.5) is 0 Å². The Morgan fingerprint density at radius 1 is 0.700 bits per heavy atom. The lowest BCUT2D eigenvalue weighted by atomic mass is 10.5. The fourth-order valence-corrected chi connectivity index (χ4v) is 12.8. The van der Waals surface area contributed by atoms with Crippen LogP contribution in [-0.4, -0.2) is 75.1 Å². The SMILES string of the molecule is CC1(C(Cl)Cl)SCCCS1.CC1(C(SCCS)SCCS)SCCCS1.SCCS. The first-order valence-electron chi connectivity index (χ1n) is 9.80. The molecule has 0 N–H and O–H groups in total. The number of thiol groups is 4. The van der Waals surface area contributed by atoms with Crippen LogP contribution in [0.5, 0.6) is 0 Å². The standard InChI is InChI=1S/C10H20S6.C6H10Cl2S2.C2H6S2/c1-10(15-5-2-6-16-10)9(13-7-3-11)14-8-4-12;1-6(5(7)8)9-3-2-4-10-6;3-1-2-4/h9,11-12H,2-8H2,1H3;5H,2-4H2,1H3;3-4H,1-2H2. The van der Waals surface area contributed by atoms with Crippen LogP contribution in [0.2, 0.25) is 0 Å². The molecule has 0 bridgehead atoms. The molecule has 0 radical (unpaired) electrons. The van der Waals surface area contributed by atoms with E-state index in [1.807, 2.05) is 23.5 Å². The molecule has 0 atom stereocenters. The second kappa shape index (κ2) is 21.2. The van der Waals surface area contributed by atoms with Crippen LogP contribution in [0.1, 0.15) is 26.7 Å². The zero-order chi connectivity index (χ0) is 22.9. The van der Waals surface area contributed by atoms with Crippen molar-refractivity contribution in [3.8, 4) is 0 Å². The van der Waals surface area contributed by atoms with Gasteiger partial charge in [-0.25, -0.2) is 0 Å². The van der Waals surface area contributed by atoms with E-state index in [1.165, 1.54) is 35.9 Å². The predicted octanol–water partition coefficient (Wildman–Crippen LogP) is 8.45. The minimum Gasteiger partial charge on any atom is -0.179 e. The summed E-state index contributed by atoms with van der Waals surface area (Å²) < 4.78 is 1.11. The average Bonchev–Trinajstić information content (AvgIpc) is 2.75. The molecule has 2 heterocycles. The van der Waals surface area contributed by atoms with Crippen molar-refractivity contribution in [2.75, 3.05) is 57.5 Å². The fraction of sp³-hybridized carbons (Fsp3) is 1.00. The van der Waals surface area contributed by atoms with Crippen LogP contribution in [0.15, 0.2) is 0 Å². The molecule has 2 fully saturated rings. The Morgan fingerprint density at radius 3 is 1.33 bits per heavy atom. The van der Waals surface area contributed by atoms with Gasteiger partial charge in [0, 0.05) is 11.5 Å². The third-order valence-corrected chi connectivity index (χ3v) is 17.5. The molecule has 0 saturated carbocycles. The van der Waals surface area contributed by atoms with E-state index < -0.39 is 0 Å². The van der Waals surface area contributed by atoms with Gasteiger partial charge in [-0.3, -0.25) is 0 Å². The maximum absolute atomic E-state index is 5.82. The monoisotopic (exact) mass is 642 g/mol. The lowest BCUT2D eigenvalue weighted by Crippen LogP contribution is -2.32. The molecule has 2 saturated heterocycles. The minimum atomic E-state index is -0.247. The van der Waals surface area contributed by atoms with Gasteiger partial charge in [-0.1, -0.05) is 0 Å². The van der Waals surface area contributed by atoms with Crippen LogP contribution < -0.4 is 0 Å². The second-order valence-corrected chi connectivity index (χ2v) is 18.7. The van der Waals surface area contributed by atoms with Crippen molar-refractivity contribution < 1.29 is 0 Å². The molecule has 0 aromatic carbocycles. The van der Waals surface area contributed by atoms with Gasteiger partial charge in [0.1, 0.15) is 4.84 Å². The van der Waals surface area contributed by atoms with Crippen molar-refractivity contribution in [1.29, 1.82) is 0 Å². The van der Waals surface area contributed by atoms with E-state index in [-0.39, 0.29) is 8.92 Å². The van der Waals surface area contributed by atoms with Crippen molar-refractivity contribution in [3.63, 3.8) is 0 Å². The van der Waals surface area contributed by atoms with Crippen LogP contribution in [0.3, 0.4) is 0 Å². The summed E-state index contributed by atoms with van der Waals surface area (Å²) in [5.41, 5.74) is 0. The third kappa shape index (κ3) is 15.2. The van der Waals surface area contributed by atoms with Gasteiger partial charge in [-0.15, -0.1) is 93.8 Å².